The number of nitrogens with two attached hydrogens (primary N) is 2. The number of carbonyl (C=O) groups is 4. The molecule has 6 saturated carbocycles. The first-order chi connectivity index (χ1) is 55.9. The van der Waals surface area contributed by atoms with E-state index in [1.807, 2.05) is 132 Å². The van der Waals surface area contributed by atoms with Gasteiger partial charge in [-0.05, 0) is 220 Å². The standard InChI is InChI=1S/C15H19NO4.C15H21NO2.C14H18N2O4.C14H20N2O2.2C10H8NO3.C8H7NO2.2I2.2Y/c1-15(2,3)20-14(17)9-11-8-13(11)10-4-6-12(7-5-10)16(18)19;1-15(2,3)18-14(17)9-11-8-13(11)10-4-6-12(16)7-5-10;1-14(2,3)20-13(17)15-12-8-11(12)9-4-6-10(7-5-9)16(18)19;1-14(2,3)18-13(17)16-12-8-11(12)9-4-6-10(15)7-5-9;2*12-6-8-5-10(8)7-1-3-9(4-2-7)11(13)14;1-2-7-3-5-8(6-4-7)9(10)11;2*1-2;;/h4-7,11,13H,8-9H2,1-3H3;4-7,11,13H,8-9,16H2,1-3H3;4-7,11-12H,8H2,1-3H3,(H,15,17);4-7,11-12H,8,15H2,1-3H3,(H,16,17);2*1-4,8,10H,5H2;2-6H,1H2;;;;/q;;;;2*-1;;;;;. The topological polar surface area (TPSA) is 431 Å². The molecule has 0 heterocycles. The molecule has 6 aliphatic carbocycles. The number of rotatable bonds is 20. The summed E-state index contributed by atoms with van der Waals surface area (Å²) in [6.07, 6.45) is 11.1. The van der Waals surface area contributed by atoms with Crippen LogP contribution in [0.2, 0.25) is 0 Å². The fourth-order valence-corrected chi connectivity index (χ4v) is 12.3. The van der Waals surface area contributed by atoms with Crippen molar-refractivity contribution in [2.45, 2.75) is 204 Å². The third-order valence-electron chi connectivity index (χ3n) is 18.6. The van der Waals surface area contributed by atoms with Gasteiger partial charge in [0.15, 0.2) is 0 Å². The van der Waals surface area contributed by atoms with Crippen molar-refractivity contribution >= 4 is 157 Å². The molecule has 6 N–H and O–H groups in total. The minimum absolute atomic E-state index is 0. The summed E-state index contributed by atoms with van der Waals surface area (Å²) in [5, 5.41) is 57.7. The van der Waals surface area contributed by atoms with E-state index in [1.54, 1.807) is 66.7 Å². The second-order valence-electron chi connectivity index (χ2n) is 32.9. The number of amides is 2. The predicted molar refractivity (Wildman–Crippen MR) is 490 cm³/mol. The first-order valence-electron chi connectivity index (χ1n) is 37.9. The molecule has 29 nitrogen and oxygen atoms in total. The number of anilines is 2. The summed E-state index contributed by atoms with van der Waals surface area (Å²) < 4.78 is 21.0. The molecule has 0 bridgehead atoms. The Kier molecular flexibility index (Phi) is 45.3. The molecule has 7 aromatic rings. The summed E-state index contributed by atoms with van der Waals surface area (Å²) in [6.45, 7) is 25.8. The Balaban J connectivity index is 0.000000363. The zero-order chi connectivity index (χ0) is 89.0. The molecule has 12 unspecified atom stereocenters. The molecule has 2 amide bonds. The average molecular weight is 2270 g/mol. The third kappa shape index (κ3) is 40.6. The largest absolute Gasteiger partial charge is 0.541 e. The van der Waals surface area contributed by atoms with Gasteiger partial charge in [0.1, 0.15) is 22.4 Å². The molecule has 6 aliphatic rings. The van der Waals surface area contributed by atoms with Crippen LogP contribution in [0.4, 0.5) is 49.4 Å². The monoisotopic (exact) mass is 2270 g/mol. The summed E-state index contributed by atoms with van der Waals surface area (Å²) in [5.74, 6) is 2.34. The van der Waals surface area contributed by atoms with Gasteiger partial charge in [0, 0.05) is 249 Å². The molecule has 0 aliphatic heterocycles. The Morgan fingerprint density at radius 3 is 0.818 bits per heavy atom. The molecule has 646 valence electrons. The number of halogens is 4. The van der Waals surface area contributed by atoms with Gasteiger partial charge < -0.3 is 50.6 Å². The quantitative estimate of drug-likeness (QED) is 0.0105. The molecule has 2 radical (unpaired) electrons. The van der Waals surface area contributed by atoms with Crippen LogP contribution in [0.3, 0.4) is 0 Å². The minimum atomic E-state index is -0.512. The predicted octanol–water partition coefficient (Wildman–Crippen LogP) is 21.6. The van der Waals surface area contributed by atoms with Gasteiger partial charge in [0.2, 0.25) is 0 Å². The van der Waals surface area contributed by atoms with Crippen molar-refractivity contribution in [1.82, 2.24) is 10.6 Å². The molecule has 13 rings (SSSR count). The zero-order valence-corrected chi connectivity index (χ0v) is 83.6. The van der Waals surface area contributed by atoms with E-state index in [0.717, 1.165) is 77.7 Å². The zero-order valence-electron chi connectivity index (χ0n) is 69.3. The van der Waals surface area contributed by atoms with Crippen molar-refractivity contribution < 1.29 is 138 Å². The summed E-state index contributed by atoms with van der Waals surface area (Å²) in [5.41, 5.74) is 18.9. The molecular formula is C86H101I4N9O20Y2-2. The number of nitrogen functional groups attached to an aromatic ring is 2. The number of carbonyl (C=O) groups excluding carboxylic acids is 6. The summed E-state index contributed by atoms with van der Waals surface area (Å²) in [4.78, 5) is 117. The maximum absolute atomic E-state index is 11.7. The second-order valence-corrected chi connectivity index (χ2v) is 32.9. The van der Waals surface area contributed by atoms with Gasteiger partial charge in [0.25, 0.3) is 28.4 Å². The number of nitro benzene ring substituents is 5. The van der Waals surface area contributed by atoms with Crippen LogP contribution in [0.5, 0.6) is 0 Å². The number of esters is 2. The number of nitrogens with one attached hydrogen (secondary N) is 2. The van der Waals surface area contributed by atoms with Gasteiger partial charge >= 0.3 is 24.1 Å². The summed E-state index contributed by atoms with van der Waals surface area (Å²) in [6, 6.07) is 47.9. The van der Waals surface area contributed by atoms with E-state index in [-0.39, 0.29) is 159 Å². The van der Waals surface area contributed by atoms with Crippen LogP contribution >= 0.6 is 74.5 Å². The average Bonchev–Trinajstić information content (AvgIpc) is 1.61. The molecule has 0 aromatic heterocycles. The van der Waals surface area contributed by atoms with E-state index < -0.39 is 47.5 Å². The Hall–Kier alpha value is -7.17. The van der Waals surface area contributed by atoms with E-state index >= 15 is 0 Å². The number of nitro groups is 5. The SMILES string of the molecule is C=Cc1ccc([N+](=O)[O-])cc1.CC(C)(C)OC(=O)CC1CC1c1ccc(N)cc1.CC(C)(C)OC(=O)CC1CC1c1ccc([N+](=O)[O-])cc1.CC(C)(C)OC(=O)NC1CC1c1ccc(N)cc1.CC(C)(C)OC(=O)NC1CC1c1ccc([N+](=O)[O-])cc1.II.II.O=[C-]C1CC1c1ccc([N+](=O)[O-])cc1.O=[C-]C1CC1c1ccc([N+](=O)[O-])cc1.[Y].[Y]. The van der Waals surface area contributed by atoms with Gasteiger partial charge in [-0.25, -0.2) is 9.59 Å². The molecule has 35 heteroatoms. The number of non-ortho nitro benzene ring substituents is 5. The molecule has 0 spiro atoms. The van der Waals surface area contributed by atoms with Crippen molar-refractivity contribution in [1.29, 1.82) is 0 Å². The van der Waals surface area contributed by atoms with E-state index in [0.29, 0.717) is 42.4 Å². The molecule has 7 aromatic carbocycles. The molecule has 121 heavy (non-hydrogen) atoms. The van der Waals surface area contributed by atoms with E-state index in [2.05, 4.69) is 104 Å². The van der Waals surface area contributed by atoms with Gasteiger partial charge in [-0.1, -0.05) is 98.3 Å². The third-order valence-corrected chi connectivity index (χ3v) is 18.6. The first kappa shape index (κ1) is 108. The molecule has 6 fully saturated rings. The molecule has 12 atom stereocenters. The Labute approximate surface area is 802 Å². The Bertz CT molecular complexity index is 4320. The Morgan fingerprint density at radius 1 is 0.380 bits per heavy atom. The fraction of sp³-hybridized carbons (Fsp3) is 0.419. The smallest absolute Gasteiger partial charge is 0.407 e. The summed E-state index contributed by atoms with van der Waals surface area (Å²) in [7, 11) is 0. The molecular weight excluding hydrogens is 2160 g/mol. The fourth-order valence-electron chi connectivity index (χ4n) is 12.3. The normalized spacial score (nSPS) is 20.3. The number of benzene rings is 7. The van der Waals surface area contributed by atoms with Crippen molar-refractivity contribution in [3.05, 3.63) is 266 Å². The second kappa shape index (κ2) is 50.7. The Morgan fingerprint density at radius 2 is 0.603 bits per heavy atom. The number of hydrogen-bond donors (Lipinski definition) is 4. The van der Waals surface area contributed by atoms with Gasteiger partial charge in [-0.15, -0.1) is 11.8 Å². The number of nitrogens with zero attached hydrogens (tertiary/aromatic N) is 5. The first-order valence-corrected chi connectivity index (χ1v) is 50.5. The molecule has 0 saturated heterocycles. The van der Waals surface area contributed by atoms with Crippen LogP contribution in [-0.4, -0.2) is 95.8 Å². The number of ether oxygens (including phenoxy) is 4. The van der Waals surface area contributed by atoms with E-state index in [1.165, 1.54) is 71.8 Å². The summed E-state index contributed by atoms with van der Waals surface area (Å²) >= 11 is 8.48. The van der Waals surface area contributed by atoms with Crippen molar-refractivity contribution in [3.8, 4) is 0 Å². The van der Waals surface area contributed by atoms with Crippen LogP contribution in [0.1, 0.15) is 209 Å². The number of alkyl carbamates (subject to hydrolysis) is 2. The minimum Gasteiger partial charge on any atom is -0.541 e. The maximum Gasteiger partial charge on any atom is 0.407 e. The van der Waals surface area contributed by atoms with Crippen molar-refractivity contribution in [2.24, 2.45) is 23.7 Å². The van der Waals surface area contributed by atoms with E-state index in [4.69, 9.17) is 30.4 Å². The van der Waals surface area contributed by atoms with Gasteiger partial charge in [-0.2, -0.15) is 0 Å². The number of hydrogen-bond acceptors (Lipinski definition) is 22. The van der Waals surface area contributed by atoms with Crippen molar-refractivity contribution in [2.75, 3.05) is 11.5 Å². The van der Waals surface area contributed by atoms with E-state index in [9.17, 15) is 79.3 Å². The van der Waals surface area contributed by atoms with Crippen LogP contribution in [0.15, 0.2) is 176 Å². The van der Waals surface area contributed by atoms with Gasteiger partial charge in [-0.3, -0.25) is 72.7 Å². The van der Waals surface area contributed by atoms with Crippen LogP contribution < -0.4 is 22.1 Å². The van der Waals surface area contributed by atoms with Crippen LogP contribution in [0.25, 0.3) is 6.08 Å². The van der Waals surface area contributed by atoms with Gasteiger partial charge in [0.05, 0.1) is 24.6 Å². The van der Waals surface area contributed by atoms with Crippen LogP contribution in [0, 0.1) is 74.2 Å². The van der Waals surface area contributed by atoms with Crippen LogP contribution in [-0.2, 0) is 104 Å². The maximum atomic E-state index is 11.7. The van der Waals surface area contributed by atoms with Crippen molar-refractivity contribution in [3.63, 3.8) is 0 Å².